The van der Waals surface area contributed by atoms with Gasteiger partial charge in [0.1, 0.15) is 12.2 Å². The summed E-state index contributed by atoms with van der Waals surface area (Å²) in [7, 11) is 0. The van der Waals surface area contributed by atoms with Crippen LogP contribution in [0.25, 0.3) is 0 Å². The van der Waals surface area contributed by atoms with Crippen LogP contribution in [0.2, 0.25) is 0 Å². The first-order valence-electron chi connectivity index (χ1n) is 7.55. The second-order valence-electron chi connectivity index (χ2n) is 8.60. The Kier molecular flexibility index (Phi) is 4.00. The highest BCUT2D eigenvalue weighted by Gasteiger charge is 2.56. The molecule has 0 radical (unpaired) electrons. The normalized spacial score (nSPS) is 37.2. The van der Waals surface area contributed by atoms with Gasteiger partial charge in [-0.3, -0.25) is 0 Å². The Hall–Kier alpha value is -0.160. The molecule has 0 N–H and O–H groups in total. The lowest BCUT2D eigenvalue weighted by Crippen LogP contribution is -2.42. The van der Waals surface area contributed by atoms with Crippen molar-refractivity contribution < 1.29 is 18.9 Å². The van der Waals surface area contributed by atoms with Crippen molar-refractivity contribution in [1.82, 2.24) is 0 Å². The van der Waals surface area contributed by atoms with Gasteiger partial charge >= 0.3 is 0 Å². The summed E-state index contributed by atoms with van der Waals surface area (Å²) in [5.74, 6) is -0.596. The summed E-state index contributed by atoms with van der Waals surface area (Å²) >= 11 is 0. The molecular weight excluding hydrogens is 256 g/mol. The molecule has 0 amide bonds. The number of ether oxygens (including phenoxy) is 4. The van der Waals surface area contributed by atoms with Crippen molar-refractivity contribution in [3.8, 4) is 0 Å². The highest BCUT2D eigenvalue weighted by atomic mass is 16.8. The van der Waals surface area contributed by atoms with E-state index in [1.807, 2.05) is 13.8 Å². The topological polar surface area (TPSA) is 36.9 Å². The first-order valence-corrected chi connectivity index (χ1v) is 7.55. The third kappa shape index (κ3) is 3.94. The van der Waals surface area contributed by atoms with Crippen LogP contribution >= 0.6 is 0 Å². The fourth-order valence-electron chi connectivity index (χ4n) is 2.87. The molecule has 2 saturated heterocycles. The maximum Gasteiger partial charge on any atom is 0.190 e. The Bertz CT molecular complexity index is 350. The van der Waals surface area contributed by atoms with E-state index in [-0.39, 0.29) is 35.6 Å². The van der Waals surface area contributed by atoms with Crippen LogP contribution in [0.15, 0.2) is 0 Å². The molecule has 118 valence electrons. The molecule has 4 atom stereocenters. The van der Waals surface area contributed by atoms with Crippen LogP contribution in [0.1, 0.15) is 61.8 Å². The van der Waals surface area contributed by atoms with Gasteiger partial charge in [0.15, 0.2) is 12.1 Å². The standard InChI is InChI=1S/C16H30O4/c1-14(2,3)9-10-11(18-15(4,5)6)12-13(17-10)20-16(7,8)19-12/h10-13H,9H2,1-8H3/t10-,11+,12-,13-/m1/s1. The minimum absolute atomic E-state index is 0.0142. The van der Waals surface area contributed by atoms with Crippen LogP contribution in [-0.2, 0) is 18.9 Å². The summed E-state index contributed by atoms with van der Waals surface area (Å²) in [6.07, 6.45) is 0.399. The quantitative estimate of drug-likeness (QED) is 0.778. The molecule has 2 fully saturated rings. The number of fused-ring (bicyclic) bond motifs is 1. The molecule has 0 aliphatic carbocycles. The van der Waals surface area contributed by atoms with E-state index >= 15 is 0 Å². The predicted octanol–water partition coefficient (Wildman–Crippen LogP) is 3.48. The number of rotatable bonds is 2. The molecule has 2 aliphatic rings. The van der Waals surface area contributed by atoms with E-state index in [2.05, 4.69) is 41.5 Å². The molecule has 20 heavy (non-hydrogen) atoms. The van der Waals surface area contributed by atoms with Gasteiger partial charge in [0, 0.05) is 0 Å². The maximum atomic E-state index is 6.23. The monoisotopic (exact) mass is 286 g/mol. The highest BCUT2D eigenvalue weighted by Crippen LogP contribution is 2.42. The van der Waals surface area contributed by atoms with Crippen LogP contribution in [-0.4, -0.2) is 36.0 Å². The van der Waals surface area contributed by atoms with Crippen molar-refractivity contribution in [1.29, 1.82) is 0 Å². The molecule has 0 aromatic rings. The summed E-state index contributed by atoms with van der Waals surface area (Å²) in [6, 6.07) is 0. The Labute approximate surface area is 123 Å². The summed E-state index contributed by atoms with van der Waals surface area (Å²) in [6.45, 7) is 16.7. The van der Waals surface area contributed by atoms with Crippen molar-refractivity contribution in [2.45, 2.75) is 97.8 Å². The van der Waals surface area contributed by atoms with Crippen LogP contribution in [0.4, 0.5) is 0 Å². The van der Waals surface area contributed by atoms with Gasteiger partial charge in [-0.15, -0.1) is 0 Å². The first kappa shape index (κ1) is 16.2. The second kappa shape index (κ2) is 4.94. The van der Waals surface area contributed by atoms with Crippen LogP contribution in [0.3, 0.4) is 0 Å². The largest absolute Gasteiger partial charge is 0.367 e. The van der Waals surface area contributed by atoms with Gasteiger partial charge in [0.25, 0.3) is 0 Å². The lowest BCUT2D eigenvalue weighted by atomic mass is 9.87. The molecule has 0 saturated carbocycles. The molecule has 2 heterocycles. The molecule has 2 rings (SSSR count). The maximum absolute atomic E-state index is 6.23. The lowest BCUT2D eigenvalue weighted by Gasteiger charge is -2.33. The smallest absolute Gasteiger partial charge is 0.190 e. The molecule has 4 heteroatoms. The minimum atomic E-state index is -0.596. The SMILES string of the molecule is CC(C)(C)C[C@H]1O[C@@H]2OC(C)(C)O[C@@H]2[C@H]1OC(C)(C)C. The molecule has 0 aromatic heterocycles. The van der Waals surface area contributed by atoms with E-state index in [1.165, 1.54) is 0 Å². The molecule has 4 nitrogen and oxygen atoms in total. The second-order valence-corrected chi connectivity index (χ2v) is 8.60. The number of hydrogen-bond donors (Lipinski definition) is 0. The number of hydrogen-bond acceptors (Lipinski definition) is 4. The minimum Gasteiger partial charge on any atom is -0.367 e. The fourth-order valence-corrected chi connectivity index (χ4v) is 2.87. The summed E-state index contributed by atoms with van der Waals surface area (Å²) < 4.78 is 24.2. The Morgan fingerprint density at radius 1 is 1.00 bits per heavy atom. The van der Waals surface area contributed by atoms with Crippen molar-refractivity contribution in [2.75, 3.05) is 0 Å². The van der Waals surface area contributed by atoms with Gasteiger partial charge in [-0.1, -0.05) is 20.8 Å². The van der Waals surface area contributed by atoms with Crippen LogP contribution in [0.5, 0.6) is 0 Å². The zero-order valence-electron chi connectivity index (χ0n) is 14.1. The Balaban J connectivity index is 2.14. The summed E-state index contributed by atoms with van der Waals surface area (Å²) in [4.78, 5) is 0. The van der Waals surface area contributed by atoms with Gasteiger partial charge in [-0.05, 0) is 46.5 Å². The summed E-state index contributed by atoms with van der Waals surface area (Å²) in [5, 5.41) is 0. The molecule has 0 unspecified atom stereocenters. The van der Waals surface area contributed by atoms with Gasteiger partial charge in [0.05, 0.1) is 11.7 Å². The zero-order valence-corrected chi connectivity index (χ0v) is 14.1. The molecular formula is C16H30O4. The first-order chi connectivity index (χ1) is 8.86. The van der Waals surface area contributed by atoms with Crippen LogP contribution in [0, 0.1) is 5.41 Å². The van der Waals surface area contributed by atoms with E-state index in [0.29, 0.717) is 0 Å². The molecule has 0 spiro atoms. The molecule has 0 aromatic carbocycles. The molecule has 0 bridgehead atoms. The van der Waals surface area contributed by atoms with Gasteiger partial charge in [-0.2, -0.15) is 0 Å². The van der Waals surface area contributed by atoms with Crippen molar-refractivity contribution in [3.05, 3.63) is 0 Å². The Morgan fingerprint density at radius 2 is 1.60 bits per heavy atom. The zero-order chi connectivity index (χ0) is 15.3. The van der Waals surface area contributed by atoms with Crippen molar-refractivity contribution >= 4 is 0 Å². The van der Waals surface area contributed by atoms with Gasteiger partial charge in [-0.25, -0.2) is 0 Å². The van der Waals surface area contributed by atoms with Gasteiger partial charge < -0.3 is 18.9 Å². The average Bonchev–Trinajstić information content (AvgIpc) is 2.57. The van der Waals surface area contributed by atoms with E-state index in [0.717, 1.165) is 6.42 Å². The highest BCUT2D eigenvalue weighted by molar-refractivity contribution is 4.96. The van der Waals surface area contributed by atoms with Crippen molar-refractivity contribution in [3.63, 3.8) is 0 Å². The van der Waals surface area contributed by atoms with E-state index in [1.54, 1.807) is 0 Å². The van der Waals surface area contributed by atoms with E-state index < -0.39 is 5.79 Å². The average molecular weight is 286 g/mol. The fraction of sp³-hybridized carbons (Fsp3) is 1.00. The third-order valence-corrected chi connectivity index (χ3v) is 3.39. The van der Waals surface area contributed by atoms with E-state index in [4.69, 9.17) is 18.9 Å². The van der Waals surface area contributed by atoms with Gasteiger partial charge in [0.2, 0.25) is 0 Å². The van der Waals surface area contributed by atoms with Crippen molar-refractivity contribution in [2.24, 2.45) is 5.41 Å². The van der Waals surface area contributed by atoms with E-state index in [9.17, 15) is 0 Å². The third-order valence-electron chi connectivity index (χ3n) is 3.39. The lowest BCUT2D eigenvalue weighted by molar-refractivity contribution is -0.228. The molecule has 2 aliphatic heterocycles. The Morgan fingerprint density at radius 3 is 2.10 bits per heavy atom. The summed E-state index contributed by atoms with van der Waals surface area (Å²) in [5.41, 5.74) is -0.0482. The predicted molar refractivity (Wildman–Crippen MR) is 77.4 cm³/mol. The van der Waals surface area contributed by atoms with Crippen LogP contribution < -0.4 is 0 Å².